The molecule has 0 aromatic heterocycles. The summed E-state index contributed by atoms with van der Waals surface area (Å²) in [5, 5.41) is 17.9. The standard InChI is InChI=1S/C13H10FNO5S/c14-11-7-9(4-5-12(11)16)15-21(19,20)10-3-1-2-8(6-10)13(17)18/h1-7,15-16H,(H,17,18). The van der Waals surface area contributed by atoms with Crippen molar-refractivity contribution in [1.82, 2.24) is 0 Å². The molecule has 0 aliphatic rings. The lowest BCUT2D eigenvalue weighted by molar-refractivity contribution is 0.0696. The summed E-state index contributed by atoms with van der Waals surface area (Å²) in [6.45, 7) is 0. The van der Waals surface area contributed by atoms with Crippen LogP contribution in [0.1, 0.15) is 10.4 Å². The number of hydrogen-bond acceptors (Lipinski definition) is 4. The van der Waals surface area contributed by atoms with Crippen LogP contribution in [0.3, 0.4) is 0 Å². The third-order valence-corrected chi connectivity index (χ3v) is 3.97. The van der Waals surface area contributed by atoms with Gasteiger partial charge in [-0.15, -0.1) is 0 Å². The summed E-state index contributed by atoms with van der Waals surface area (Å²) in [6.07, 6.45) is 0. The van der Waals surface area contributed by atoms with Crippen molar-refractivity contribution < 1.29 is 27.8 Å². The Labute approximate surface area is 119 Å². The van der Waals surface area contributed by atoms with E-state index in [0.29, 0.717) is 0 Å². The predicted octanol–water partition coefficient (Wildman–Crippen LogP) is 2.03. The fraction of sp³-hybridized carbons (Fsp3) is 0. The fourth-order valence-corrected chi connectivity index (χ4v) is 2.68. The molecule has 0 aliphatic carbocycles. The first-order valence-corrected chi connectivity index (χ1v) is 7.12. The number of aromatic carboxylic acids is 1. The summed E-state index contributed by atoms with van der Waals surface area (Å²) in [7, 11) is -4.06. The largest absolute Gasteiger partial charge is 0.505 e. The summed E-state index contributed by atoms with van der Waals surface area (Å²) >= 11 is 0. The molecule has 21 heavy (non-hydrogen) atoms. The molecule has 2 aromatic rings. The van der Waals surface area contributed by atoms with Crippen LogP contribution in [-0.2, 0) is 10.0 Å². The Hall–Kier alpha value is -2.61. The van der Waals surface area contributed by atoms with Crippen molar-refractivity contribution >= 4 is 21.7 Å². The van der Waals surface area contributed by atoms with Gasteiger partial charge in [-0.05, 0) is 30.3 Å². The topological polar surface area (TPSA) is 104 Å². The van der Waals surface area contributed by atoms with Gasteiger partial charge in [0, 0.05) is 6.07 Å². The summed E-state index contributed by atoms with van der Waals surface area (Å²) in [4.78, 5) is 10.6. The predicted molar refractivity (Wildman–Crippen MR) is 72.3 cm³/mol. The first-order chi connectivity index (χ1) is 9.79. The number of phenolic OH excluding ortho intramolecular Hbond substituents is 1. The molecule has 0 radical (unpaired) electrons. The van der Waals surface area contributed by atoms with E-state index in [2.05, 4.69) is 4.72 Å². The molecular formula is C13H10FNO5S. The number of halogens is 1. The lowest BCUT2D eigenvalue weighted by atomic mass is 10.2. The number of carboxylic acids is 1. The average Bonchev–Trinajstić information content (AvgIpc) is 2.43. The molecule has 0 saturated carbocycles. The van der Waals surface area contributed by atoms with Gasteiger partial charge in [0.2, 0.25) is 0 Å². The highest BCUT2D eigenvalue weighted by Gasteiger charge is 2.17. The maximum atomic E-state index is 13.2. The van der Waals surface area contributed by atoms with E-state index in [-0.39, 0.29) is 16.1 Å². The molecule has 0 bridgehead atoms. The zero-order valence-corrected chi connectivity index (χ0v) is 11.3. The number of phenols is 1. The Morgan fingerprint density at radius 2 is 1.86 bits per heavy atom. The normalized spacial score (nSPS) is 11.1. The Bertz CT molecular complexity index is 804. The van der Waals surface area contributed by atoms with Gasteiger partial charge in [0.15, 0.2) is 11.6 Å². The number of rotatable bonds is 4. The molecule has 0 aliphatic heterocycles. The third-order valence-electron chi connectivity index (χ3n) is 2.59. The molecule has 0 unspecified atom stereocenters. The van der Waals surface area contributed by atoms with Crippen LogP contribution in [0.2, 0.25) is 0 Å². The molecular weight excluding hydrogens is 301 g/mol. The van der Waals surface area contributed by atoms with Crippen molar-refractivity contribution in [1.29, 1.82) is 0 Å². The highest BCUT2D eigenvalue weighted by Crippen LogP contribution is 2.22. The summed E-state index contributed by atoms with van der Waals surface area (Å²) in [6, 6.07) is 7.73. The number of nitrogens with one attached hydrogen (secondary N) is 1. The first-order valence-electron chi connectivity index (χ1n) is 5.64. The van der Waals surface area contributed by atoms with Crippen LogP contribution < -0.4 is 4.72 Å². The Morgan fingerprint density at radius 1 is 1.14 bits per heavy atom. The van der Waals surface area contributed by atoms with Crippen molar-refractivity contribution in [2.24, 2.45) is 0 Å². The van der Waals surface area contributed by atoms with Crippen LogP contribution >= 0.6 is 0 Å². The number of benzene rings is 2. The number of anilines is 1. The smallest absolute Gasteiger partial charge is 0.335 e. The zero-order chi connectivity index (χ0) is 15.6. The molecule has 0 saturated heterocycles. The molecule has 0 amide bonds. The second-order valence-corrected chi connectivity index (χ2v) is 5.79. The second-order valence-electron chi connectivity index (χ2n) is 4.10. The van der Waals surface area contributed by atoms with Crippen molar-refractivity contribution in [3.05, 3.63) is 53.8 Å². The molecule has 0 fully saturated rings. The fourth-order valence-electron chi connectivity index (χ4n) is 1.58. The highest BCUT2D eigenvalue weighted by atomic mass is 32.2. The molecule has 0 heterocycles. The van der Waals surface area contributed by atoms with Crippen LogP contribution in [0.25, 0.3) is 0 Å². The van der Waals surface area contributed by atoms with E-state index in [9.17, 15) is 17.6 Å². The first kappa shape index (κ1) is 14.8. The van der Waals surface area contributed by atoms with Crippen molar-refractivity contribution in [2.45, 2.75) is 4.90 Å². The molecule has 0 spiro atoms. The van der Waals surface area contributed by atoms with E-state index in [4.69, 9.17) is 10.2 Å². The minimum Gasteiger partial charge on any atom is -0.505 e. The molecule has 3 N–H and O–H groups in total. The van der Waals surface area contributed by atoms with E-state index >= 15 is 0 Å². The van der Waals surface area contributed by atoms with Gasteiger partial charge in [-0.2, -0.15) is 0 Å². The maximum Gasteiger partial charge on any atom is 0.335 e. The minimum atomic E-state index is -4.06. The van der Waals surface area contributed by atoms with Crippen LogP contribution in [-0.4, -0.2) is 24.6 Å². The van der Waals surface area contributed by atoms with Crippen molar-refractivity contribution in [3.8, 4) is 5.75 Å². The Balaban J connectivity index is 2.36. The molecule has 8 heteroatoms. The SMILES string of the molecule is O=C(O)c1cccc(S(=O)(=O)Nc2ccc(O)c(F)c2)c1. The van der Waals surface area contributed by atoms with Gasteiger partial charge in [-0.3, -0.25) is 4.72 Å². The van der Waals surface area contributed by atoms with Gasteiger partial charge in [0.25, 0.3) is 10.0 Å². The number of hydrogen-bond donors (Lipinski definition) is 3. The molecule has 2 rings (SSSR count). The number of carboxylic acid groups (broad SMARTS) is 1. The van der Waals surface area contributed by atoms with Crippen LogP contribution in [0.15, 0.2) is 47.4 Å². The molecule has 0 atom stereocenters. The van der Waals surface area contributed by atoms with Gasteiger partial charge in [0.1, 0.15) is 0 Å². The van der Waals surface area contributed by atoms with E-state index < -0.39 is 27.6 Å². The summed E-state index contributed by atoms with van der Waals surface area (Å²) in [5.74, 6) is -2.84. The molecule has 2 aromatic carbocycles. The lowest BCUT2D eigenvalue weighted by Crippen LogP contribution is -2.13. The van der Waals surface area contributed by atoms with Gasteiger partial charge in [0.05, 0.1) is 16.1 Å². The quantitative estimate of drug-likeness (QED) is 0.750. The van der Waals surface area contributed by atoms with Gasteiger partial charge >= 0.3 is 5.97 Å². The summed E-state index contributed by atoms with van der Waals surface area (Å²) in [5.41, 5.74) is -0.277. The lowest BCUT2D eigenvalue weighted by Gasteiger charge is -2.09. The average molecular weight is 311 g/mol. The second kappa shape index (κ2) is 5.41. The van der Waals surface area contributed by atoms with E-state index in [1.807, 2.05) is 0 Å². The highest BCUT2D eigenvalue weighted by molar-refractivity contribution is 7.92. The van der Waals surface area contributed by atoms with Gasteiger partial charge < -0.3 is 10.2 Å². The van der Waals surface area contributed by atoms with Gasteiger partial charge in [-0.25, -0.2) is 17.6 Å². The van der Waals surface area contributed by atoms with Crippen molar-refractivity contribution in [2.75, 3.05) is 4.72 Å². The number of carbonyl (C=O) groups is 1. The summed E-state index contributed by atoms with van der Waals surface area (Å²) < 4.78 is 39.4. The molecule has 6 nitrogen and oxygen atoms in total. The Kier molecular flexibility index (Phi) is 3.81. The monoisotopic (exact) mass is 311 g/mol. The Morgan fingerprint density at radius 3 is 2.48 bits per heavy atom. The van der Waals surface area contributed by atoms with E-state index in [0.717, 1.165) is 18.2 Å². The van der Waals surface area contributed by atoms with Crippen LogP contribution in [0, 0.1) is 5.82 Å². The van der Waals surface area contributed by atoms with Crippen molar-refractivity contribution in [3.63, 3.8) is 0 Å². The van der Waals surface area contributed by atoms with Gasteiger partial charge in [-0.1, -0.05) is 6.07 Å². The third kappa shape index (κ3) is 3.29. The van der Waals surface area contributed by atoms with Crippen LogP contribution in [0.4, 0.5) is 10.1 Å². The maximum absolute atomic E-state index is 13.2. The number of aromatic hydroxyl groups is 1. The van der Waals surface area contributed by atoms with Crippen LogP contribution in [0.5, 0.6) is 5.75 Å². The zero-order valence-electron chi connectivity index (χ0n) is 10.4. The number of sulfonamides is 1. The minimum absolute atomic E-state index is 0.0916. The molecule has 110 valence electrons. The van der Waals surface area contributed by atoms with E-state index in [1.165, 1.54) is 24.3 Å². The van der Waals surface area contributed by atoms with E-state index in [1.54, 1.807) is 0 Å².